The normalized spacial score (nSPS) is 16.2. The average Bonchev–Trinajstić information content (AvgIpc) is 3.32. The smallest absolute Gasteiger partial charge is 0.333 e. The molecular formula is C19H19N3O5. The Morgan fingerprint density at radius 2 is 1.85 bits per heavy atom. The highest BCUT2D eigenvalue weighted by atomic mass is 16.7. The monoisotopic (exact) mass is 369 g/mol. The Kier molecular flexibility index (Phi) is 4.69. The van der Waals surface area contributed by atoms with Crippen LogP contribution in [-0.2, 0) is 17.6 Å². The second-order valence-electron chi connectivity index (χ2n) is 6.23. The molecule has 3 N–H and O–H groups in total. The molecule has 2 heterocycles. The Balaban J connectivity index is 1.17. The fraction of sp³-hybridized carbons (Fsp3) is 0.263. The topological polar surface area (TPSA) is 97.9 Å². The first-order valence-corrected chi connectivity index (χ1v) is 8.66. The van der Waals surface area contributed by atoms with Crippen LogP contribution in [0.5, 0.6) is 17.2 Å². The maximum atomic E-state index is 12.1. The van der Waals surface area contributed by atoms with Gasteiger partial charge in [0.25, 0.3) is 5.91 Å². The van der Waals surface area contributed by atoms with Crippen molar-refractivity contribution >= 4 is 11.9 Å². The van der Waals surface area contributed by atoms with Crippen LogP contribution >= 0.6 is 0 Å². The highest BCUT2D eigenvalue weighted by molar-refractivity contribution is 5.85. The number of benzene rings is 2. The molecule has 2 aliphatic heterocycles. The Labute approximate surface area is 155 Å². The summed E-state index contributed by atoms with van der Waals surface area (Å²) in [5.41, 5.74) is 6.71. The Hall–Kier alpha value is -3.42. The van der Waals surface area contributed by atoms with E-state index in [0.717, 1.165) is 16.9 Å². The molecule has 0 unspecified atom stereocenters. The van der Waals surface area contributed by atoms with E-state index in [1.54, 1.807) is 0 Å². The van der Waals surface area contributed by atoms with Crippen molar-refractivity contribution in [2.24, 2.45) is 0 Å². The number of hydrazine groups is 1. The van der Waals surface area contributed by atoms with Crippen molar-refractivity contribution in [1.82, 2.24) is 16.2 Å². The van der Waals surface area contributed by atoms with Crippen molar-refractivity contribution in [3.63, 3.8) is 0 Å². The molecule has 8 heteroatoms. The van der Waals surface area contributed by atoms with Gasteiger partial charge in [-0.3, -0.25) is 10.2 Å². The minimum Gasteiger partial charge on any atom is -0.480 e. The van der Waals surface area contributed by atoms with Crippen molar-refractivity contribution in [2.45, 2.75) is 18.9 Å². The number of urea groups is 1. The SMILES string of the molecule is O=C(NCCc1ccc2c(c1)OCO2)NNC(=O)[C@H]1Cc2ccccc2O1. The number of hydrogen-bond donors (Lipinski definition) is 3. The second kappa shape index (κ2) is 7.45. The van der Waals surface area contributed by atoms with Crippen molar-refractivity contribution in [3.05, 3.63) is 53.6 Å². The summed E-state index contributed by atoms with van der Waals surface area (Å²) in [6, 6.07) is 12.6. The van der Waals surface area contributed by atoms with Gasteiger partial charge in [0.15, 0.2) is 17.6 Å². The maximum absolute atomic E-state index is 12.1. The minimum atomic E-state index is -0.642. The molecule has 0 aromatic heterocycles. The lowest BCUT2D eigenvalue weighted by Crippen LogP contribution is -2.51. The molecule has 3 amide bonds. The number of para-hydroxylation sites is 1. The molecule has 8 nitrogen and oxygen atoms in total. The molecule has 2 aliphatic rings. The Bertz CT molecular complexity index is 845. The number of hydrogen-bond acceptors (Lipinski definition) is 5. The number of nitrogens with one attached hydrogen (secondary N) is 3. The zero-order valence-corrected chi connectivity index (χ0v) is 14.5. The first-order chi connectivity index (χ1) is 13.2. The summed E-state index contributed by atoms with van der Waals surface area (Å²) >= 11 is 0. The van der Waals surface area contributed by atoms with Crippen LogP contribution in [0.3, 0.4) is 0 Å². The number of amides is 3. The van der Waals surface area contributed by atoms with Gasteiger partial charge in [0, 0.05) is 13.0 Å². The van der Waals surface area contributed by atoms with Gasteiger partial charge in [-0.1, -0.05) is 24.3 Å². The van der Waals surface area contributed by atoms with Crippen LogP contribution in [0.25, 0.3) is 0 Å². The van der Waals surface area contributed by atoms with Crippen LogP contribution in [0, 0.1) is 0 Å². The van der Waals surface area contributed by atoms with E-state index in [9.17, 15) is 9.59 Å². The number of fused-ring (bicyclic) bond motifs is 2. The minimum absolute atomic E-state index is 0.231. The molecule has 2 aromatic carbocycles. The molecule has 1 atom stereocenters. The summed E-state index contributed by atoms with van der Waals surface area (Å²) in [5, 5.41) is 2.68. The fourth-order valence-electron chi connectivity index (χ4n) is 2.99. The van der Waals surface area contributed by atoms with E-state index in [-0.39, 0.29) is 6.79 Å². The van der Waals surface area contributed by atoms with Crippen molar-refractivity contribution in [1.29, 1.82) is 0 Å². The van der Waals surface area contributed by atoms with Gasteiger partial charge in [0.1, 0.15) is 5.75 Å². The average molecular weight is 369 g/mol. The number of ether oxygens (including phenoxy) is 3. The van der Waals surface area contributed by atoms with Crippen LogP contribution in [0.4, 0.5) is 4.79 Å². The maximum Gasteiger partial charge on any atom is 0.333 e. The molecule has 27 heavy (non-hydrogen) atoms. The molecule has 0 spiro atoms. The van der Waals surface area contributed by atoms with Crippen LogP contribution in [0.1, 0.15) is 11.1 Å². The predicted octanol–water partition coefficient (Wildman–Crippen LogP) is 1.29. The molecule has 0 saturated carbocycles. The van der Waals surface area contributed by atoms with Gasteiger partial charge in [-0.15, -0.1) is 0 Å². The third-order valence-corrected chi connectivity index (χ3v) is 4.38. The van der Waals surface area contributed by atoms with E-state index in [4.69, 9.17) is 14.2 Å². The predicted molar refractivity (Wildman–Crippen MR) is 95.5 cm³/mol. The molecule has 0 saturated heterocycles. The molecule has 140 valence electrons. The van der Waals surface area contributed by atoms with E-state index in [0.29, 0.717) is 30.9 Å². The van der Waals surface area contributed by atoms with E-state index in [1.165, 1.54) is 0 Å². The summed E-state index contributed by atoms with van der Waals surface area (Å²) in [4.78, 5) is 24.0. The number of carbonyl (C=O) groups excluding carboxylic acids is 2. The van der Waals surface area contributed by atoms with E-state index in [2.05, 4.69) is 16.2 Å². The van der Waals surface area contributed by atoms with E-state index < -0.39 is 18.0 Å². The molecule has 0 radical (unpaired) electrons. The van der Waals surface area contributed by atoms with Gasteiger partial charge in [0.05, 0.1) is 0 Å². The number of rotatable bonds is 4. The van der Waals surface area contributed by atoms with E-state index >= 15 is 0 Å². The zero-order valence-electron chi connectivity index (χ0n) is 14.5. The van der Waals surface area contributed by atoms with Crippen molar-refractivity contribution in [3.8, 4) is 17.2 Å². The van der Waals surface area contributed by atoms with Gasteiger partial charge in [-0.25, -0.2) is 10.2 Å². The number of carbonyl (C=O) groups is 2. The highest BCUT2D eigenvalue weighted by Gasteiger charge is 2.28. The van der Waals surface area contributed by atoms with Gasteiger partial charge >= 0.3 is 6.03 Å². The van der Waals surface area contributed by atoms with Crippen LogP contribution in [-0.4, -0.2) is 31.4 Å². The first kappa shape index (κ1) is 17.0. The summed E-state index contributed by atoms with van der Waals surface area (Å²) < 4.78 is 16.2. The van der Waals surface area contributed by atoms with Gasteiger partial charge in [-0.2, -0.15) is 0 Å². The second-order valence-corrected chi connectivity index (χ2v) is 6.23. The lowest BCUT2D eigenvalue weighted by atomic mass is 10.1. The van der Waals surface area contributed by atoms with Crippen LogP contribution < -0.4 is 30.4 Å². The molecule has 2 aromatic rings. The van der Waals surface area contributed by atoms with Crippen molar-refractivity contribution in [2.75, 3.05) is 13.3 Å². The largest absolute Gasteiger partial charge is 0.480 e. The highest BCUT2D eigenvalue weighted by Crippen LogP contribution is 2.32. The lowest BCUT2D eigenvalue weighted by molar-refractivity contribution is -0.127. The molecule has 0 fully saturated rings. The summed E-state index contributed by atoms with van der Waals surface area (Å²) in [5.74, 6) is 1.74. The third kappa shape index (κ3) is 3.89. The van der Waals surface area contributed by atoms with Crippen LogP contribution in [0.15, 0.2) is 42.5 Å². The fourth-order valence-corrected chi connectivity index (χ4v) is 2.99. The Morgan fingerprint density at radius 3 is 2.74 bits per heavy atom. The zero-order chi connectivity index (χ0) is 18.6. The van der Waals surface area contributed by atoms with Gasteiger partial charge in [0.2, 0.25) is 6.79 Å². The van der Waals surface area contributed by atoms with Gasteiger partial charge in [-0.05, 0) is 35.7 Å². The summed E-state index contributed by atoms with van der Waals surface area (Å²) in [6.45, 7) is 0.641. The summed E-state index contributed by atoms with van der Waals surface area (Å²) in [6.07, 6.45) is 0.463. The molecule has 4 rings (SSSR count). The summed E-state index contributed by atoms with van der Waals surface area (Å²) in [7, 11) is 0. The quantitative estimate of drug-likeness (QED) is 0.706. The first-order valence-electron chi connectivity index (χ1n) is 8.66. The third-order valence-electron chi connectivity index (χ3n) is 4.38. The van der Waals surface area contributed by atoms with Crippen molar-refractivity contribution < 1.29 is 23.8 Å². The molecule has 0 bridgehead atoms. The standard InChI is InChI=1S/C19H19N3O5/c23-18(17-10-13-3-1-2-4-14(13)27-17)21-22-19(24)20-8-7-12-5-6-15-16(9-12)26-11-25-15/h1-6,9,17H,7-8,10-11H2,(H,21,23)(H2,20,22,24)/t17-/m1/s1. The molecular weight excluding hydrogens is 350 g/mol. The molecule has 0 aliphatic carbocycles. The lowest BCUT2D eigenvalue weighted by Gasteiger charge is -2.13. The Morgan fingerprint density at radius 1 is 1.00 bits per heavy atom. The van der Waals surface area contributed by atoms with Crippen LogP contribution in [0.2, 0.25) is 0 Å². The van der Waals surface area contributed by atoms with E-state index in [1.807, 2.05) is 42.5 Å². The van der Waals surface area contributed by atoms with Gasteiger partial charge < -0.3 is 19.5 Å².